The van der Waals surface area contributed by atoms with E-state index in [0.29, 0.717) is 0 Å². The van der Waals surface area contributed by atoms with Crippen LogP contribution in [0.5, 0.6) is 0 Å². The zero-order valence-electron chi connectivity index (χ0n) is 8.43. The Hall–Kier alpha value is -1.30. The maximum atomic E-state index is 12.7. The van der Waals surface area contributed by atoms with Gasteiger partial charge in [0.15, 0.2) is 0 Å². The molecule has 0 bridgehead atoms. The van der Waals surface area contributed by atoms with Crippen molar-refractivity contribution in [1.29, 1.82) is 5.26 Å². The SMILES string of the molecule is COC(=O)c1cc(C#N)cc(I)c1C(F)(F)F. The molecule has 0 saturated heterocycles. The van der Waals surface area contributed by atoms with E-state index >= 15 is 0 Å². The van der Waals surface area contributed by atoms with Crippen molar-refractivity contribution in [3.8, 4) is 6.07 Å². The molecule has 0 spiro atoms. The fraction of sp³-hybridized carbons (Fsp3) is 0.200. The van der Waals surface area contributed by atoms with Crippen molar-refractivity contribution >= 4 is 28.6 Å². The summed E-state index contributed by atoms with van der Waals surface area (Å²) in [6, 6.07) is 3.62. The van der Waals surface area contributed by atoms with Crippen molar-refractivity contribution in [2.24, 2.45) is 0 Å². The summed E-state index contributed by atoms with van der Waals surface area (Å²) < 4.78 is 42.3. The number of methoxy groups -OCH3 is 1. The van der Waals surface area contributed by atoms with Crippen molar-refractivity contribution in [1.82, 2.24) is 0 Å². The number of nitrogens with zero attached hydrogens (tertiary/aromatic N) is 1. The van der Waals surface area contributed by atoms with Crippen molar-refractivity contribution in [3.63, 3.8) is 0 Å². The first-order valence-electron chi connectivity index (χ1n) is 4.20. The molecule has 1 rings (SSSR count). The predicted molar refractivity (Wildman–Crippen MR) is 60.2 cm³/mol. The summed E-state index contributed by atoms with van der Waals surface area (Å²) in [6.07, 6.45) is -4.67. The molecule has 0 N–H and O–H groups in total. The average molecular weight is 355 g/mol. The van der Waals surface area contributed by atoms with Crippen LogP contribution in [0, 0.1) is 14.9 Å². The lowest BCUT2D eigenvalue weighted by atomic mass is 10.0. The number of halogens is 4. The highest BCUT2D eigenvalue weighted by Gasteiger charge is 2.38. The molecule has 0 aromatic heterocycles. The van der Waals surface area contributed by atoms with E-state index in [-0.39, 0.29) is 9.13 Å². The Bertz CT molecular complexity index is 505. The number of esters is 1. The molecule has 90 valence electrons. The quantitative estimate of drug-likeness (QED) is 0.575. The third kappa shape index (κ3) is 2.88. The van der Waals surface area contributed by atoms with Crippen LogP contribution < -0.4 is 0 Å². The van der Waals surface area contributed by atoms with Crippen LogP contribution in [0.4, 0.5) is 13.2 Å². The highest BCUT2D eigenvalue weighted by atomic mass is 127. The molecule has 0 radical (unpaired) electrons. The van der Waals surface area contributed by atoms with Crippen molar-refractivity contribution in [2.45, 2.75) is 6.18 Å². The van der Waals surface area contributed by atoms with Crippen LogP contribution in [0.2, 0.25) is 0 Å². The fourth-order valence-electron chi connectivity index (χ4n) is 1.23. The van der Waals surface area contributed by atoms with E-state index in [1.165, 1.54) is 22.6 Å². The lowest BCUT2D eigenvalue weighted by Gasteiger charge is -2.13. The van der Waals surface area contributed by atoms with Gasteiger partial charge < -0.3 is 4.74 Å². The second kappa shape index (κ2) is 4.91. The van der Waals surface area contributed by atoms with Crippen molar-refractivity contribution in [3.05, 3.63) is 32.4 Å². The number of carbonyl (C=O) groups is 1. The van der Waals surface area contributed by atoms with Crippen LogP contribution in [-0.4, -0.2) is 13.1 Å². The topological polar surface area (TPSA) is 50.1 Å². The smallest absolute Gasteiger partial charge is 0.418 e. The number of hydrogen-bond acceptors (Lipinski definition) is 3. The van der Waals surface area contributed by atoms with Gasteiger partial charge in [-0.05, 0) is 34.7 Å². The van der Waals surface area contributed by atoms with Gasteiger partial charge in [0.1, 0.15) is 0 Å². The van der Waals surface area contributed by atoms with Gasteiger partial charge in [-0.1, -0.05) is 0 Å². The van der Waals surface area contributed by atoms with Gasteiger partial charge in [0, 0.05) is 3.57 Å². The Morgan fingerprint density at radius 1 is 1.47 bits per heavy atom. The Kier molecular flexibility index (Phi) is 3.98. The molecule has 0 unspecified atom stereocenters. The number of alkyl halides is 3. The lowest BCUT2D eigenvalue weighted by Crippen LogP contribution is -2.16. The first-order valence-corrected chi connectivity index (χ1v) is 5.28. The highest BCUT2D eigenvalue weighted by molar-refractivity contribution is 14.1. The zero-order chi connectivity index (χ0) is 13.2. The fourth-order valence-corrected chi connectivity index (χ4v) is 2.16. The molecular formula is C10H5F3INO2. The summed E-state index contributed by atoms with van der Waals surface area (Å²) >= 11 is 1.43. The largest absolute Gasteiger partial charge is 0.465 e. The molecular weight excluding hydrogens is 350 g/mol. The number of nitriles is 1. The Labute approximate surface area is 108 Å². The number of rotatable bonds is 1. The number of hydrogen-bond donors (Lipinski definition) is 0. The summed E-state index contributed by atoms with van der Waals surface area (Å²) in [5.74, 6) is -1.12. The Morgan fingerprint density at radius 2 is 2.06 bits per heavy atom. The Balaban J connectivity index is 3.58. The maximum absolute atomic E-state index is 12.7. The molecule has 1 aromatic rings. The van der Waals surface area contributed by atoms with Gasteiger partial charge in [0.25, 0.3) is 0 Å². The van der Waals surface area contributed by atoms with Crippen LogP contribution in [0.3, 0.4) is 0 Å². The number of benzene rings is 1. The van der Waals surface area contributed by atoms with Crippen LogP contribution in [0.25, 0.3) is 0 Å². The van der Waals surface area contributed by atoms with E-state index in [4.69, 9.17) is 5.26 Å². The molecule has 0 fully saturated rings. The van der Waals surface area contributed by atoms with E-state index in [0.717, 1.165) is 19.2 Å². The van der Waals surface area contributed by atoms with Crippen molar-refractivity contribution < 1.29 is 22.7 Å². The second-order valence-corrected chi connectivity index (χ2v) is 4.14. The van der Waals surface area contributed by atoms with Crippen molar-refractivity contribution in [2.75, 3.05) is 7.11 Å². The molecule has 0 aliphatic heterocycles. The van der Waals surface area contributed by atoms with E-state index in [1.807, 2.05) is 0 Å². The molecule has 0 atom stereocenters. The standard InChI is InChI=1S/C10H5F3INO2/c1-17-9(16)6-2-5(4-15)3-7(14)8(6)10(11,12)13/h2-3H,1H3. The summed E-state index contributed by atoms with van der Waals surface area (Å²) in [5, 5.41) is 8.65. The number of ether oxygens (including phenoxy) is 1. The predicted octanol–water partition coefficient (Wildman–Crippen LogP) is 2.97. The van der Waals surface area contributed by atoms with Crippen LogP contribution in [0.15, 0.2) is 12.1 Å². The third-order valence-corrected chi connectivity index (χ3v) is 2.76. The van der Waals surface area contributed by atoms with E-state index in [2.05, 4.69) is 4.74 Å². The van der Waals surface area contributed by atoms with Crippen LogP contribution in [0.1, 0.15) is 21.5 Å². The summed E-state index contributed by atoms with van der Waals surface area (Å²) in [7, 11) is 0.981. The monoisotopic (exact) mass is 355 g/mol. The van der Waals surface area contributed by atoms with Crippen LogP contribution in [-0.2, 0) is 10.9 Å². The molecule has 0 saturated carbocycles. The molecule has 3 nitrogen and oxygen atoms in total. The van der Waals surface area contributed by atoms with Gasteiger partial charge in [-0.2, -0.15) is 18.4 Å². The normalized spacial score (nSPS) is 10.8. The molecule has 0 amide bonds. The van der Waals surface area contributed by atoms with E-state index in [9.17, 15) is 18.0 Å². The highest BCUT2D eigenvalue weighted by Crippen LogP contribution is 2.36. The van der Waals surface area contributed by atoms with Gasteiger partial charge in [-0.3, -0.25) is 0 Å². The van der Waals surface area contributed by atoms with Gasteiger partial charge in [-0.15, -0.1) is 0 Å². The summed E-state index contributed by atoms with van der Waals surface area (Å²) in [5.41, 5.74) is -1.75. The lowest BCUT2D eigenvalue weighted by molar-refractivity contribution is -0.138. The molecule has 7 heteroatoms. The summed E-state index contributed by atoms with van der Waals surface area (Å²) in [6.45, 7) is 0. The van der Waals surface area contributed by atoms with Gasteiger partial charge >= 0.3 is 12.1 Å². The maximum Gasteiger partial charge on any atom is 0.418 e. The molecule has 0 aliphatic carbocycles. The van der Waals surface area contributed by atoms with Crippen LogP contribution >= 0.6 is 22.6 Å². The second-order valence-electron chi connectivity index (χ2n) is 2.98. The first-order chi connectivity index (χ1) is 7.81. The minimum Gasteiger partial charge on any atom is -0.465 e. The third-order valence-electron chi connectivity index (χ3n) is 1.91. The summed E-state index contributed by atoms with van der Waals surface area (Å²) in [4.78, 5) is 11.3. The van der Waals surface area contributed by atoms with Gasteiger partial charge in [-0.25, -0.2) is 4.79 Å². The van der Waals surface area contributed by atoms with E-state index < -0.39 is 23.3 Å². The minimum atomic E-state index is -4.67. The minimum absolute atomic E-state index is 0.0252. The van der Waals surface area contributed by atoms with E-state index in [1.54, 1.807) is 6.07 Å². The molecule has 17 heavy (non-hydrogen) atoms. The molecule has 0 aliphatic rings. The first kappa shape index (κ1) is 13.8. The van der Waals surface area contributed by atoms with Gasteiger partial charge in [0.05, 0.1) is 29.9 Å². The van der Waals surface area contributed by atoms with Gasteiger partial charge in [0.2, 0.25) is 0 Å². The molecule has 0 heterocycles. The number of carbonyl (C=O) groups excluding carboxylic acids is 1. The Morgan fingerprint density at radius 3 is 2.47 bits per heavy atom. The zero-order valence-corrected chi connectivity index (χ0v) is 10.6. The average Bonchev–Trinajstić information content (AvgIpc) is 2.24. The molecule has 1 aromatic carbocycles.